The molecule has 0 radical (unpaired) electrons. The number of rotatable bonds is 9. The largest absolute Gasteiger partial charge is 0.496 e. The first-order chi connectivity index (χ1) is 17.5. The molecule has 0 saturated heterocycles. The third-order valence-electron chi connectivity index (χ3n) is 5.50. The Morgan fingerprint density at radius 1 is 1.03 bits per heavy atom. The third-order valence-corrected chi connectivity index (χ3v) is 5.50. The highest BCUT2D eigenvalue weighted by Gasteiger charge is 2.30. The number of aliphatic carboxylic acids is 1. The van der Waals surface area contributed by atoms with E-state index < -0.39 is 23.6 Å². The maximum atomic E-state index is 12.8. The molecule has 1 N–H and O–H groups in total. The van der Waals surface area contributed by atoms with Gasteiger partial charge >= 0.3 is 12.1 Å². The summed E-state index contributed by atoms with van der Waals surface area (Å²) in [7, 11) is 3.08. The van der Waals surface area contributed by atoms with Gasteiger partial charge < -0.3 is 19.5 Å². The number of hydrogen-bond acceptors (Lipinski definition) is 4. The Hall–Kier alpha value is -4.27. The number of hydrogen-bond donors (Lipinski definition) is 1. The first-order valence-electron chi connectivity index (χ1n) is 11.3. The van der Waals surface area contributed by atoms with Crippen molar-refractivity contribution in [2.24, 2.45) is 0 Å². The summed E-state index contributed by atoms with van der Waals surface area (Å²) < 4.78 is 49.1. The average Bonchev–Trinajstić information content (AvgIpc) is 2.87. The van der Waals surface area contributed by atoms with Crippen LogP contribution in [0.25, 0.3) is 17.2 Å². The highest BCUT2D eigenvalue weighted by Crippen LogP contribution is 2.33. The number of nitrogens with zero attached hydrogens (tertiary/aromatic N) is 1. The normalized spacial score (nSPS) is 11.7. The number of carbonyl (C=O) groups excluding carboxylic acids is 1. The number of alkyl halides is 3. The molecule has 0 aromatic heterocycles. The molecule has 0 fully saturated rings. The molecular formula is C28H26F3NO5. The van der Waals surface area contributed by atoms with E-state index in [-0.39, 0.29) is 24.5 Å². The SMILES string of the molecule is CCO/C(=C\c1ccc(-c2cccc(CN(C)C(=O)c3ccc(C(F)(F)F)cc3)c2)c(OC)c1)C(=O)O. The van der Waals surface area contributed by atoms with E-state index >= 15 is 0 Å². The molecule has 0 aliphatic rings. The van der Waals surface area contributed by atoms with Crippen LogP contribution in [-0.2, 0) is 22.3 Å². The van der Waals surface area contributed by atoms with Gasteiger partial charge in [-0.2, -0.15) is 13.2 Å². The molecule has 0 aliphatic carbocycles. The van der Waals surface area contributed by atoms with Crippen LogP contribution in [0.15, 0.2) is 72.5 Å². The second-order valence-electron chi connectivity index (χ2n) is 8.14. The molecule has 3 rings (SSSR count). The maximum Gasteiger partial charge on any atom is 0.416 e. The van der Waals surface area contributed by atoms with Crippen molar-refractivity contribution in [2.75, 3.05) is 20.8 Å². The summed E-state index contributed by atoms with van der Waals surface area (Å²) >= 11 is 0. The van der Waals surface area contributed by atoms with Gasteiger partial charge in [0.15, 0.2) is 0 Å². The molecule has 0 bridgehead atoms. The zero-order valence-corrected chi connectivity index (χ0v) is 20.5. The van der Waals surface area contributed by atoms with Gasteiger partial charge in [-0.05, 0) is 66.1 Å². The van der Waals surface area contributed by atoms with Crippen molar-refractivity contribution >= 4 is 18.0 Å². The van der Waals surface area contributed by atoms with Crippen molar-refractivity contribution in [1.29, 1.82) is 0 Å². The van der Waals surface area contributed by atoms with E-state index in [2.05, 4.69) is 0 Å². The molecule has 0 saturated carbocycles. The molecule has 6 nitrogen and oxygen atoms in total. The topological polar surface area (TPSA) is 76.1 Å². The van der Waals surface area contributed by atoms with Crippen LogP contribution in [0.3, 0.4) is 0 Å². The fourth-order valence-corrected chi connectivity index (χ4v) is 3.71. The molecule has 9 heteroatoms. The highest BCUT2D eigenvalue weighted by atomic mass is 19.4. The maximum absolute atomic E-state index is 12.8. The molecular weight excluding hydrogens is 487 g/mol. The van der Waals surface area contributed by atoms with Crippen LogP contribution in [0.5, 0.6) is 5.75 Å². The minimum absolute atomic E-state index is 0.157. The van der Waals surface area contributed by atoms with E-state index in [0.717, 1.165) is 28.8 Å². The van der Waals surface area contributed by atoms with Gasteiger partial charge in [-0.25, -0.2) is 4.79 Å². The van der Waals surface area contributed by atoms with Crippen molar-refractivity contribution in [1.82, 2.24) is 4.90 Å². The molecule has 0 unspecified atom stereocenters. The van der Waals surface area contributed by atoms with Gasteiger partial charge in [-0.15, -0.1) is 0 Å². The van der Waals surface area contributed by atoms with E-state index in [0.29, 0.717) is 11.3 Å². The van der Waals surface area contributed by atoms with E-state index in [9.17, 15) is 27.9 Å². The molecule has 3 aromatic carbocycles. The smallest absolute Gasteiger partial charge is 0.416 e. The molecule has 0 heterocycles. The van der Waals surface area contributed by atoms with Crippen LogP contribution >= 0.6 is 0 Å². The van der Waals surface area contributed by atoms with Gasteiger partial charge in [0.25, 0.3) is 5.91 Å². The molecule has 1 amide bonds. The lowest BCUT2D eigenvalue weighted by molar-refractivity contribution is -0.138. The molecule has 0 aliphatic heterocycles. The second-order valence-corrected chi connectivity index (χ2v) is 8.14. The van der Waals surface area contributed by atoms with Gasteiger partial charge in [0.05, 0.1) is 19.3 Å². The summed E-state index contributed by atoms with van der Waals surface area (Å²) in [6.45, 7) is 2.14. The fraction of sp³-hybridized carbons (Fsp3) is 0.214. The van der Waals surface area contributed by atoms with E-state index in [1.165, 1.54) is 30.2 Å². The fourth-order valence-electron chi connectivity index (χ4n) is 3.71. The summed E-state index contributed by atoms with van der Waals surface area (Å²) in [4.78, 5) is 25.5. The Bertz CT molecular complexity index is 1300. The Balaban J connectivity index is 1.81. The van der Waals surface area contributed by atoms with Crippen LogP contribution in [0.2, 0.25) is 0 Å². The zero-order chi connectivity index (χ0) is 27.2. The van der Waals surface area contributed by atoms with Gasteiger partial charge in [0.2, 0.25) is 5.76 Å². The van der Waals surface area contributed by atoms with Crippen LogP contribution in [0.4, 0.5) is 13.2 Å². The molecule has 0 spiro atoms. The Morgan fingerprint density at radius 3 is 2.32 bits per heavy atom. The number of carboxylic acids is 1. The van der Waals surface area contributed by atoms with E-state index in [1.54, 1.807) is 32.2 Å². The van der Waals surface area contributed by atoms with Gasteiger partial charge in [-0.3, -0.25) is 4.79 Å². The summed E-state index contributed by atoms with van der Waals surface area (Å²) in [6, 6.07) is 16.8. The van der Waals surface area contributed by atoms with Crippen molar-refractivity contribution < 1.29 is 37.3 Å². The van der Waals surface area contributed by atoms with Crippen LogP contribution in [-0.4, -0.2) is 42.6 Å². The van der Waals surface area contributed by atoms with Crippen molar-refractivity contribution in [2.45, 2.75) is 19.6 Å². The predicted molar refractivity (Wildman–Crippen MR) is 133 cm³/mol. The average molecular weight is 514 g/mol. The number of amides is 1. The lowest BCUT2D eigenvalue weighted by Crippen LogP contribution is -2.26. The van der Waals surface area contributed by atoms with E-state index in [4.69, 9.17) is 9.47 Å². The summed E-state index contributed by atoms with van der Waals surface area (Å²) in [5.41, 5.74) is 2.30. The van der Waals surface area contributed by atoms with Crippen LogP contribution in [0, 0.1) is 0 Å². The summed E-state index contributed by atoms with van der Waals surface area (Å²) in [5.74, 6) is -1.25. The quantitative estimate of drug-likeness (QED) is 0.276. The minimum atomic E-state index is -4.47. The number of carbonyl (C=O) groups is 2. The Labute approximate surface area is 212 Å². The Morgan fingerprint density at radius 2 is 1.73 bits per heavy atom. The second kappa shape index (κ2) is 11.6. The first kappa shape index (κ1) is 27.3. The number of benzene rings is 3. The first-order valence-corrected chi connectivity index (χ1v) is 11.3. The molecule has 194 valence electrons. The number of carboxylic acid groups (broad SMARTS) is 1. The number of halogens is 3. The number of ether oxygens (including phenoxy) is 2. The molecule has 37 heavy (non-hydrogen) atoms. The number of methoxy groups -OCH3 is 1. The van der Waals surface area contributed by atoms with Crippen molar-refractivity contribution in [3.8, 4) is 16.9 Å². The van der Waals surface area contributed by atoms with Gasteiger partial charge in [0.1, 0.15) is 5.75 Å². The lowest BCUT2D eigenvalue weighted by Gasteiger charge is -2.19. The summed E-state index contributed by atoms with van der Waals surface area (Å²) in [5, 5.41) is 9.29. The standard InChI is InChI=1S/C28H26F3NO5/c1-4-37-25(27(34)35)16-18-8-13-23(24(15-18)36-3)21-7-5-6-19(14-21)17-32(2)26(33)20-9-11-22(12-10-20)28(29,30)31/h5-16H,4,17H2,1-3H3,(H,34,35)/b25-16-. The lowest BCUT2D eigenvalue weighted by atomic mass is 10.00. The van der Waals surface area contributed by atoms with Crippen LogP contribution in [0.1, 0.15) is 34.0 Å². The van der Waals surface area contributed by atoms with Crippen molar-refractivity contribution in [3.05, 3.63) is 94.7 Å². The van der Waals surface area contributed by atoms with Gasteiger partial charge in [-0.1, -0.05) is 30.3 Å². The summed E-state index contributed by atoms with van der Waals surface area (Å²) in [6.07, 6.45) is -3.05. The monoisotopic (exact) mass is 513 g/mol. The van der Waals surface area contributed by atoms with E-state index in [1.807, 2.05) is 24.3 Å². The third kappa shape index (κ3) is 6.91. The van der Waals surface area contributed by atoms with Crippen LogP contribution < -0.4 is 4.74 Å². The molecule has 0 atom stereocenters. The molecule has 3 aromatic rings. The minimum Gasteiger partial charge on any atom is -0.496 e. The zero-order valence-electron chi connectivity index (χ0n) is 20.5. The Kier molecular flexibility index (Phi) is 8.60. The predicted octanol–water partition coefficient (Wildman–Crippen LogP) is 6.12. The highest BCUT2D eigenvalue weighted by molar-refractivity contribution is 5.94. The van der Waals surface area contributed by atoms with Crippen molar-refractivity contribution in [3.63, 3.8) is 0 Å². The van der Waals surface area contributed by atoms with Gasteiger partial charge in [0, 0.05) is 24.7 Å².